The van der Waals surface area contributed by atoms with Gasteiger partial charge in [-0.15, -0.1) is 0 Å². The molecular weight excluding hydrogens is 348 g/mol. The summed E-state index contributed by atoms with van der Waals surface area (Å²) in [6.45, 7) is 4.07. The second-order valence-electron chi connectivity index (χ2n) is 6.79. The van der Waals surface area contributed by atoms with Gasteiger partial charge in [0.15, 0.2) is 6.10 Å². The standard InChI is InChI=1S/C20H28N2O5/c1-4-5-12-22-17(23)11-10-16(20(25)27-13(2)19(21)24)18(22)14-6-8-15(26-3)9-7-14/h6-9,13,16,18H,4-5,10-12H2,1-3H3,(H2,21,24)/t13-,16-,18-/m0/s1. The van der Waals surface area contributed by atoms with Crippen LogP contribution in [0, 0.1) is 5.92 Å². The van der Waals surface area contributed by atoms with Crippen molar-refractivity contribution in [2.45, 2.75) is 51.7 Å². The molecule has 3 atom stereocenters. The molecule has 2 amide bonds. The largest absolute Gasteiger partial charge is 0.497 e. The van der Waals surface area contributed by atoms with Crippen LogP contribution in [0.3, 0.4) is 0 Å². The summed E-state index contributed by atoms with van der Waals surface area (Å²) in [5.41, 5.74) is 6.05. The first-order valence-electron chi connectivity index (χ1n) is 9.32. The number of primary amides is 1. The number of unbranched alkanes of at least 4 members (excludes halogenated alkanes) is 1. The fraction of sp³-hybridized carbons (Fsp3) is 0.550. The third-order valence-electron chi connectivity index (χ3n) is 4.91. The van der Waals surface area contributed by atoms with Crippen LogP contribution in [0.15, 0.2) is 24.3 Å². The van der Waals surface area contributed by atoms with Crippen LogP contribution in [0.2, 0.25) is 0 Å². The quantitative estimate of drug-likeness (QED) is 0.701. The number of nitrogens with zero attached hydrogens (tertiary/aromatic N) is 1. The van der Waals surface area contributed by atoms with E-state index in [4.69, 9.17) is 15.2 Å². The highest BCUT2D eigenvalue weighted by Crippen LogP contribution is 2.38. The Balaban J connectivity index is 2.34. The van der Waals surface area contributed by atoms with Crippen molar-refractivity contribution in [3.8, 4) is 5.75 Å². The third-order valence-corrected chi connectivity index (χ3v) is 4.91. The van der Waals surface area contributed by atoms with Crippen molar-refractivity contribution in [2.75, 3.05) is 13.7 Å². The molecule has 0 unspecified atom stereocenters. The van der Waals surface area contributed by atoms with Crippen molar-refractivity contribution in [3.05, 3.63) is 29.8 Å². The zero-order chi connectivity index (χ0) is 20.0. The number of esters is 1. The fourth-order valence-electron chi connectivity index (χ4n) is 3.32. The van der Waals surface area contributed by atoms with Crippen LogP contribution in [-0.4, -0.2) is 42.4 Å². The fourth-order valence-corrected chi connectivity index (χ4v) is 3.32. The molecule has 0 spiro atoms. The van der Waals surface area contributed by atoms with Gasteiger partial charge in [-0.05, 0) is 37.5 Å². The third kappa shape index (κ3) is 4.99. The number of ether oxygens (including phenoxy) is 2. The van der Waals surface area contributed by atoms with Gasteiger partial charge in [-0.3, -0.25) is 14.4 Å². The Morgan fingerprint density at radius 2 is 1.96 bits per heavy atom. The van der Waals surface area contributed by atoms with E-state index in [1.54, 1.807) is 24.1 Å². The summed E-state index contributed by atoms with van der Waals surface area (Å²) in [7, 11) is 1.58. The molecule has 0 saturated carbocycles. The topological polar surface area (TPSA) is 98.9 Å². The second-order valence-corrected chi connectivity index (χ2v) is 6.79. The minimum absolute atomic E-state index is 0.0243. The average molecular weight is 376 g/mol. The summed E-state index contributed by atoms with van der Waals surface area (Å²) in [4.78, 5) is 38.4. The Morgan fingerprint density at radius 3 is 2.52 bits per heavy atom. The lowest BCUT2D eigenvalue weighted by Gasteiger charge is -2.40. The van der Waals surface area contributed by atoms with Crippen LogP contribution in [0.5, 0.6) is 5.75 Å². The summed E-state index contributed by atoms with van der Waals surface area (Å²) >= 11 is 0. The number of hydrogen-bond acceptors (Lipinski definition) is 5. The molecule has 2 rings (SSSR count). The van der Waals surface area contributed by atoms with E-state index in [9.17, 15) is 14.4 Å². The number of carbonyl (C=O) groups is 3. The number of nitrogens with two attached hydrogens (primary N) is 1. The zero-order valence-corrected chi connectivity index (χ0v) is 16.1. The van der Waals surface area contributed by atoms with Gasteiger partial charge in [0.2, 0.25) is 5.91 Å². The highest BCUT2D eigenvalue weighted by Gasteiger charge is 2.41. The van der Waals surface area contributed by atoms with E-state index in [0.717, 1.165) is 18.4 Å². The molecule has 1 aromatic carbocycles. The van der Waals surface area contributed by atoms with Crippen molar-refractivity contribution in [1.82, 2.24) is 4.90 Å². The number of piperidine rings is 1. The number of hydrogen-bond donors (Lipinski definition) is 1. The summed E-state index contributed by atoms with van der Waals surface area (Å²) < 4.78 is 10.5. The molecule has 1 aliphatic rings. The maximum atomic E-state index is 12.8. The van der Waals surface area contributed by atoms with Gasteiger partial charge < -0.3 is 20.1 Å². The predicted molar refractivity (Wildman–Crippen MR) is 99.8 cm³/mol. The van der Waals surface area contributed by atoms with E-state index < -0.39 is 29.9 Å². The monoisotopic (exact) mass is 376 g/mol. The maximum absolute atomic E-state index is 12.8. The van der Waals surface area contributed by atoms with Gasteiger partial charge >= 0.3 is 5.97 Å². The number of benzene rings is 1. The molecule has 1 aliphatic heterocycles. The Bertz CT molecular complexity index is 673. The van der Waals surface area contributed by atoms with Gasteiger partial charge in [-0.25, -0.2) is 0 Å². The van der Waals surface area contributed by atoms with Crippen molar-refractivity contribution in [1.29, 1.82) is 0 Å². The van der Waals surface area contributed by atoms with Gasteiger partial charge in [0, 0.05) is 13.0 Å². The second kappa shape index (κ2) is 9.39. The van der Waals surface area contributed by atoms with Crippen LogP contribution in [-0.2, 0) is 19.1 Å². The van der Waals surface area contributed by atoms with Gasteiger partial charge in [0.25, 0.3) is 5.91 Å². The Morgan fingerprint density at radius 1 is 1.30 bits per heavy atom. The van der Waals surface area contributed by atoms with Gasteiger partial charge in [0.05, 0.1) is 19.1 Å². The Hall–Kier alpha value is -2.57. The number of rotatable bonds is 8. The van der Waals surface area contributed by atoms with Gasteiger partial charge in [-0.1, -0.05) is 25.5 Å². The minimum Gasteiger partial charge on any atom is -0.497 e. The summed E-state index contributed by atoms with van der Waals surface area (Å²) in [6, 6.07) is 6.90. The summed E-state index contributed by atoms with van der Waals surface area (Å²) in [5, 5.41) is 0. The molecule has 1 aromatic rings. The molecule has 0 bridgehead atoms. The number of methoxy groups -OCH3 is 1. The van der Waals surface area contributed by atoms with Crippen molar-refractivity contribution >= 4 is 17.8 Å². The van der Waals surface area contributed by atoms with Crippen LogP contribution >= 0.6 is 0 Å². The number of amides is 2. The molecule has 0 aromatic heterocycles. The smallest absolute Gasteiger partial charge is 0.312 e. The average Bonchev–Trinajstić information content (AvgIpc) is 2.66. The molecule has 7 nitrogen and oxygen atoms in total. The molecule has 0 aliphatic carbocycles. The predicted octanol–water partition coefficient (Wildman–Crippen LogP) is 2.19. The van der Waals surface area contributed by atoms with E-state index in [-0.39, 0.29) is 12.3 Å². The van der Waals surface area contributed by atoms with E-state index in [0.29, 0.717) is 18.7 Å². The molecule has 7 heteroatoms. The first-order chi connectivity index (χ1) is 12.9. The van der Waals surface area contributed by atoms with Crippen LogP contribution < -0.4 is 10.5 Å². The molecular formula is C20H28N2O5. The molecule has 27 heavy (non-hydrogen) atoms. The molecule has 148 valence electrons. The van der Waals surface area contributed by atoms with E-state index in [1.807, 2.05) is 12.1 Å². The number of carbonyl (C=O) groups excluding carboxylic acids is 3. The lowest BCUT2D eigenvalue weighted by atomic mass is 9.84. The molecule has 1 fully saturated rings. The van der Waals surface area contributed by atoms with Crippen molar-refractivity contribution in [2.24, 2.45) is 11.7 Å². The van der Waals surface area contributed by atoms with Crippen molar-refractivity contribution in [3.63, 3.8) is 0 Å². The van der Waals surface area contributed by atoms with Gasteiger partial charge in [-0.2, -0.15) is 0 Å². The first kappa shape index (κ1) is 20.7. The molecule has 1 heterocycles. The van der Waals surface area contributed by atoms with Crippen LogP contribution in [0.4, 0.5) is 0 Å². The Kier molecular flexibility index (Phi) is 7.21. The summed E-state index contributed by atoms with van der Waals surface area (Å²) in [6.07, 6.45) is 1.43. The lowest BCUT2D eigenvalue weighted by molar-refractivity contribution is -0.164. The van der Waals surface area contributed by atoms with Crippen LogP contribution in [0.1, 0.15) is 51.1 Å². The SMILES string of the molecule is CCCCN1C(=O)CC[C@H](C(=O)O[C@@H](C)C(N)=O)[C@@H]1c1ccc(OC)cc1. The van der Waals surface area contributed by atoms with Crippen LogP contribution in [0.25, 0.3) is 0 Å². The minimum atomic E-state index is -1.00. The summed E-state index contributed by atoms with van der Waals surface area (Å²) in [5.74, 6) is -1.02. The highest BCUT2D eigenvalue weighted by molar-refractivity contribution is 5.85. The first-order valence-corrected chi connectivity index (χ1v) is 9.32. The Labute approximate surface area is 159 Å². The molecule has 2 N–H and O–H groups in total. The molecule has 0 radical (unpaired) electrons. The molecule has 1 saturated heterocycles. The maximum Gasteiger partial charge on any atom is 0.312 e. The van der Waals surface area contributed by atoms with E-state index in [1.165, 1.54) is 6.92 Å². The number of likely N-dealkylation sites (tertiary alicyclic amines) is 1. The van der Waals surface area contributed by atoms with Gasteiger partial charge in [0.1, 0.15) is 5.75 Å². The highest BCUT2D eigenvalue weighted by atomic mass is 16.5. The van der Waals surface area contributed by atoms with E-state index >= 15 is 0 Å². The van der Waals surface area contributed by atoms with E-state index in [2.05, 4.69) is 6.92 Å². The normalized spacial score (nSPS) is 20.9. The zero-order valence-electron chi connectivity index (χ0n) is 16.1. The lowest BCUT2D eigenvalue weighted by Crippen LogP contribution is -2.47. The van der Waals surface area contributed by atoms with Crippen molar-refractivity contribution < 1.29 is 23.9 Å².